The molecule has 3 aromatic rings. The molecule has 0 radical (unpaired) electrons. The van der Waals surface area contributed by atoms with Crippen molar-refractivity contribution in [3.05, 3.63) is 60.2 Å². The van der Waals surface area contributed by atoms with Crippen LogP contribution in [-0.2, 0) is 4.79 Å². The van der Waals surface area contributed by atoms with Gasteiger partial charge in [-0.2, -0.15) is 0 Å². The molecule has 0 aliphatic heterocycles. The van der Waals surface area contributed by atoms with Gasteiger partial charge < -0.3 is 19.2 Å². The minimum Gasteiger partial charge on any atom is -0.493 e. The van der Waals surface area contributed by atoms with Crippen molar-refractivity contribution < 1.29 is 18.7 Å². The van der Waals surface area contributed by atoms with E-state index in [-0.39, 0.29) is 12.5 Å². The number of nitrogens with one attached hydrogen (secondary N) is 1. The number of carbonyl (C=O) groups is 1. The van der Waals surface area contributed by atoms with Crippen LogP contribution in [0.3, 0.4) is 0 Å². The molecule has 0 saturated carbocycles. The highest BCUT2D eigenvalue weighted by Crippen LogP contribution is 2.26. The third kappa shape index (κ3) is 4.03. The predicted molar refractivity (Wildman–Crippen MR) is 98.5 cm³/mol. The van der Waals surface area contributed by atoms with Gasteiger partial charge in [-0.15, -0.1) is 0 Å². The van der Waals surface area contributed by atoms with Gasteiger partial charge in [-0.25, -0.2) is 4.98 Å². The van der Waals surface area contributed by atoms with Gasteiger partial charge in [-0.3, -0.25) is 4.79 Å². The molecule has 134 valence electrons. The van der Waals surface area contributed by atoms with Gasteiger partial charge in [0.1, 0.15) is 11.5 Å². The Bertz CT molecular complexity index is 900. The Hall–Kier alpha value is -3.28. The third-order valence-corrected chi connectivity index (χ3v) is 3.77. The zero-order chi connectivity index (χ0) is 18.5. The van der Waals surface area contributed by atoms with Crippen LogP contribution in [0.2, 0.25) is 0 Å². The fraction of sp³-hybridized carbons (Fsp3) is 0.200. The molecule has 0 aliphatic carbocycles. The van der Waals surface area contributed by atoms with E-state index in [0.717, 1.165) is 17.0 Å². The normalized spacial score (nSPS) is 10.4. The first-order valence-electron chi connectivity index (χ1n) is 8.17. The van der Waals surface area contributed by atoms with E-state index in [9.17, 15) is 4.79 Å². The maximum atomic E-state index is 12.1. The summed E-state index contributed by atoms with van der Waals surface area (Å²) in [5, 5.41) is 2.80. The highest BCUT2D eigenvalue weighted by Gasteiger charge is 2.10. The van der Waals surface area contributed by atoms with Crippen LogP contribution in [0.15, 0.2) is 52.9 Å². The Kier molecular flexibility index (Phi) is 5.22. The Morgan fingerprint density at radius 1 is 1.08 bits per heavy atom. The number of oxazole rings is 1. The Balaban J connectivity index is 1.60. The average molecular weight is 352 g/mol. The summed E-state index contributed by atoms with van der Waals surface area (Å²) in [6.45, 7) is 3.58. The first kappa shape index (κ1) is 17.5. The minimum absolute atomic E-state index is 0.107. The molecule has 6 nitrogen and oxygen atoms in total. The fourth-order valence-electron chi connectivity index (χ4n) is 2.59. The number of para-hydroxylation sites is 2. The first-order chi connectivity index (χ1) is 12.6. The monoisotopic (exact) mass is 352 g/mol. The summed E-state index contributed by atoms with van der Waals surface area (Å²) in [6, 6.07) is 14.6. The summed E-state index contributed by atoms with van der Waals surface area (Å²) in [5.74, 6) is 2.25. The van der Waals surface area contributed by atoms with Crippen LogP contribution in [0, 0.1) is 13.8 Å². The summed E-state index contributed by atoms with van der Waals surface area (Å²) in [4.78, 5) is 16.5. The number of benzene rings is 2. The molecule has 0 unspecified atom stereocenters. The molecule has 2 aromatic carbocycles. The van der Waals surface area contributed by atoms with Crippen LogP contribution < -0.4 is 14.8 Å². The molecule has 26 heavy (non-hydrogen) atoms. The molecule has 1 aromatic heterocycles. The highest BCUT2D eigenvalue weighted by molar-refractivity contribution is 5.92. The number of ether oxygens (including phenoxy) is 2. The number of hydrogen-bond acceptors (Lipinski definition) is 5. The lowest BCUT2D eigenvalue weighted by Crippen LogP contribution is -2.20. The predicted octanol–water partition coefficient (Wildman–Crippen LogP) is 3.98. The van der Waals surface area contributed by atoms with E-state index in [1.165, 1.54) is 0 Å². The summed E-state index contributed by atoms with van der Waals surface area (Å²) >= 11 is 0. The van der Waals surface area contributed by atoms with Crippen LogP contribution in [0.5, 0.6) is 11.5 Å². The second-order valence-corrected chi connectivity index (χ2v) is 5.70. The number of aryl methyl sites for hydroxylation is 2. The molecule has 0 saturated heterocycles. The Labute approximate surface area is 151 Å². The van der Waals surface area contributed by atoms with Crippen molar-refractivity contribution in [2.75, 3.05) is 19.0 Å². The molecular formula is C20H20N2O4. The van der Waals surface area contributed by atoms with E-state index in [4.69, 9.17) is 13.9 Å². The van der Waals surface area contributed by atoms with Crippen LogP contribution in [0.4, 0.5) is 5.69 Å². The summed E-state index contributed by atoms with van der Waals surface area (Å²) in [6.07, 6.45) is 0. The fourth-order valence-corrected chi connectivity index (χ4v) is 2.59. The van der Waals surface area contributed by atoms with Crippen molar-refractivity contribution in [2.45, 2.75) is 13.8 Å². The van der Waals surface area contributed by atoms with Gasteiger partial charge >= 0.3 is 0 Å². The van der Waals surface area contributed by atoms with Gasteiger partial charge in [-0.05, 0) is 31.2 Å². The molecule has 3 rings (SSSR count). The molecule has 0 aliphatic rings. The van der Waals surface area contributed by atoms with Crippen molar-refractivity contribution >= 4 is 11.6 Å². The summed E-state index contributed by atoms with van der Waals surface area (Å²) in [5.41, 5.74) is 2.42. The lowest BCUT2D eigenvalue weighted by atomic mass is 10.1. The smallest absolute Gasteiger partial charge is 0.262 e. The van der Waals surface area contributed by atoms with Gasteiger partial charge in [0.2, 0.25) is 0 Å². The van der Waals surface area contributed by atoms with Crippen LogP contribution in [-0.4, -0.2) is 24.6 Å². The topological polar surface area (TPSA) is 73.6 Å². The second-order valence-electron chi connectivity index (χ2n) is 5.70. The van der Waals surface area contributed by atoms with Crippen molar-refractivity contribution in [3.8, 4) is 22.8 Å². The van der Waals surface area contributed by atoms with E-state index in [1.54, 1.807) is 19.2 Å². The summed E-state index contributed by atoms with van der Waals surface area (Å²) in [7, 11) is 1.56. The van der Waals surface area contributed by atoms with Gasteiger partial charge in [0.05, 0.1) is 7.11 Å². The Morgan fingerprint density at radius 3 is 2.38 bits per heavy atom. The number of rotatable bonds is 6. The van der Waals surface area contributed by atoms with Crippen molar-refractivity contribution in [1.82, 2.24) is 4.98 Å². The van der Waals surface area contributed by atoms with Gasteiger partial charge in [0, 0.05) is 18.2 Å². The number of amides is 1. The lowest BCUT2D eigenvalue weighted by Gasteiger charge is -2.10. The molecule has 0 fully saturated rings. The number of carbonyl (C=O) groups excluding carboxylic acids is 1. The molecule has 1 heterocycles. The average Bonchev–Trinajstić information content (AvgIpc) is 2.99. The number of aromatic nitrogens is 1. The number of nitrogens with zero attached hydrogens (tertiary/aromatic N) is 1. The quantitative estimate of drug-likeness (QED) is 0.726. The molecular weight excluding hydrogens is 332 g/mol. The maximum absolute atomic E-state index is 12.1. The first-order valence-corrected chi connectivity index (χ1v) is 8.17. The van der Waals surface area contributed by atoms with E-state index in [1.807, 2.05) is 50.2 Å². The molecule has 0 bridgehead atoms. The molecule has 1 N–H and O–H groups in total. The zero-order valence-corrected chi connectivity index (χ0v) is 14.9. The number of methoxy groups -OCH3 is 1. The number of anilines is 1. The molecule has 0 spiro atoms. The second kappa shape index (κ2) is 7.74. The summed E-state index contributed by atoms with van der Waals surface area (Å²) < 4.78 is 16.2. The van der Waals surface area contributed by atoms with E-state index < -0.39 is 0 Å². The Morgan fingerprint density at radius 2 is 1.77 bits per heavy atom. The molecule has 1 amide bonds. The van der Waals surface area contributed by atoms with Gasteiger partial charge in [-0.1, -0.05) is 24.3 Å². The van der Waals surface area contributed by atoms with E-state index in [0.29, 0.717) is 23.1 Å². The third-order valence-electron chi connectivity index (χ3n) is 3.77. The molecule has 6 heteroatoms. The van der Waals surface area contributed by atoms with Gasteiger partial charge in [0.25, 0.3) is 5.91 Å². The minimum atomic E-state index is -0.253. The van der Waals surface area contributed by atoms with Crippen LogP contribution in [0.25, 0.3) is 11.3 Å². The van der Waals surface area contributed by atoms with E-state index >= 15 is 0 Å². The van der Waals surface area contributed by atoms with Crippen molar-refractivity contribution in [3.63, 3.8) is 0 Å². The SMILES string of the molecule is COc1ccccc1OCC(=O)Nc1ccc(-c2nc(C)oc2C)cc1. The number of hydrogen-bond donors (Lipinski definition) is 1. The highest BCUT2D eigenvalue weighted by atomic mass is 16.5. The lowest BCUT2D eigenvalue weighted by molar-refractivity contribution is -0.118. The molecule has 0 atom stereocenters. The van der Waals surface area contributed by atoms with Crippen molar-refractivity contribution in [2.24, 2.45) is 0 Å². The maximum Gasteiger partial charge on any atom is 0.262 e. The van der Waals surface area contributed by atoms with Crippen molar-refractivity contribution in [1.29, 1.82) is 0 Å². The van der Waals surface area contributed by atoms with Gasteiger partial charge in [0.15, 0.2) is 24.0 Å². The van der Waals surface area contributed by atoms with Crippen LogP contribution >= 0.6 is 0 Å². The van der Waals surface area contributed by atoms with Crippen LogP contribution in [0.1, 0.15) is 11.7 Å². The zero-order valence-electron chi connectivity index (χ0n) is 14.9. The standard InChI is InChI=1S/C20H20N2O4/c1-13-20(21-14(2)26-13)15-8-10-16(11-9-15)22-19(23)12-25-18-7-5-4-6-17(18)24-3/h4-11H,12H2,1-3H3,(H,22,23). The largest absolute Gasteiger partial charge is 0.493 e. The van der Waals surface area contributed by atoms with E-state index in [2.05, 4.69) is 10.3 Å².